The van der Waals surface area contributed by atoms with Crippen LogP contribution in [0.3, 0.4) is 0 Å². The summed E-state index contributed by atoms with van der Waals surface area (Å²) in [6.07, 6.45) is 1.56. The molecule has 4 rings (SSSR count). The molecule has 7 heteroatoms. The second-order valence-electron chi connectivity index (χ2n) is 6.52. The normalized spacial score (nSPS) is 17.1. The van der Waals surface area contributed by atoms with E-state index in [1.165, 1.54) is 24.3 Å². The summed E-state index contributed by atoms with van der Waals surface area (Å²) in [6.45, 7) is 0.945. The summed E-state index contributed by atoms with van der Waals surface area (Å²) in [7, 11) is 0. The molecule has 0 spiro atoms. The first-order valence-corrected chi connectivity index (χ1v) is 8.75. The van der Waals surface area contributed by atoms with E-state index in [1.54, 1.807) is 29.2 Å². The second kappa shape index (κ2) is 7.26. The van der Waals surface area contributed by atoms with Gasteiger partial charge in [0.25, 0.3) is 5.91 Å². The maximum absolute atomic E-state index is 13.9. The summed E-state index contributed by atoms with van der Waals surface area (Å²) in [5.41, 5.74) is 0.695. The lowest BCUT2D eigenvalue weighted by Crippen LogP contribution is -2.39. The number of rotatable bonds is 3. The van der Waals surface area contributed by atoms with Gasteiger partial charge >= 0.3 is 0 Å². The number of likely N-dealkylation sites (tertiary alicyclic amines) is 1. The average Bonchev–Trinajstić information content (AvgIpc) is 3.19. The Bertz CT molecular complexity index is 956. The maximum atomic E-state index is 13.9. The van der Waals surface area contributed by atoms with Gasteiger partial charge in [0, 0.05) is 18.7 Å². The topological polar surface area (TPSA) is 59.2 Å². The van der Waals surface area contributed by atoms with E-state index in [-0.39, 0.29) is 23.2 Å². The van der Waals surface area contributed by atoms with Gasteiger partial charge in [-0.15, -0.1) is 10.2 Å². The van der Waals surface area contributed by atoms with Gasteiger partial charge in [-0.3, -0.25) is 4.79 Å². The fourth-order valence-corrected chi connectivity index (χ4v) is 3.28. The third-order valence-corrected chi connectivity index (χ3v) is 4.69. The van der Waals surface area contributed by atoms with Crippen LogP contribution in [0.25, 0.3) is 11.5 Å². The monoisotopic (exact) mass is 369 g/mol. The third kappa shape index (κ3) is 3.58. The van der Waals surface area contributed by atoms with Crippen molar-refractivity contribution in [2.75, 3.05) is 13.1 Å². The Morgan fingerprint density at radius 3 is 2.63 bits per heavy atom. The molecule has 1 saturated heterocycles. The lowest BCUT2D eigenvalue weighted by molar-refractivity contribution is 0.0693. The Morgan fingerprint density at radius 1 is 1.07 bits per heavy atom. The molecule has 1 aliphatic heterocycles. The van der Waals surface area contributed by atoms with Crippen LogP contribution >= 0.6 is 0 Å². The number of carbonyl (C=O) groups excluding carboxylic acids is 1. The molecule has 1 unspecified atom stereocenters. The van der Waals surface area contributed by atoms with Gasteiger partial charge in [0.15, 0.2) is 0 Å². The molecule has 1 atom stereocenters. The van der Waals surface area contributed by atoms with Crippen molar-refractivity contribution in [3.8, 4) is 11.5 Å². The van der Waals surface area contributed by atoms with Gasteiger partial charge < -0.3 is 9.32 Å². The molecule has 1 amide bonds. The Hall–Kier alpha value is -3.09. The highest BCUT2D eigenvalue weighted by Crippen LogP contribution is 2.29. The zero-order valence-electron chi connectivity index (χ0n) is 14.4. The predicted octanol–water partition coefficient (Wildman–Crippen LogP) is 4.03. The number of piperidine rings is 1. The number of aromatic nitrogens is 2. The van der Waals surface area contributed by atoms with Gasteiger partial charge in [-0.1, -0.05) is 12.1 Å². The molecule has 0 N–H and O–H groups in total. The molecule has 2 aromatic carbocycles. The van der Waals surface area contributed by atoms with Crippen LogP contribution in [0.4, 0.5) is 8.78 Å². The van der Waals surface area contributed by atoms with Gasteiger partial charge in [0.05, 0.1) is 11.5 Å². The fourth-order valence-electron chi connectivity index (χ4n) is 3.28. The smallest absolute Gasteiger partial charge is 0.256 e. The summed E-state index contributed by atoms with van der Waals surface area (Å²) in [4.78, 5) is 14.3. The Labute approximate surface area is 154 Å². The number of nitrogens with zero attached hydrogens (tertiary/aromatic N) is 3. The van der Waals surface area contributed by atoms with Crippen LogP contribution in [0.5, 0.6) is 0 Å². The van der Waals surface area contributed by atoms with Crippen molar-refractivity contribution in [2.24, 2.45) is 0 Å². The number of amides is 1. The lowest BCUT2D eigenvalue weighted by atomic mass is 9.97. The molecule has 0 saturated carbocycles. The second-order valence-corrected chi connectivity index (χ2v) is 6.52. The molecule has 0 aliphatic carbocycles. The maximum Gasteiger partial charge on any atom is 0.256 e. The highest BCUT2D eigenvalue weighted by atomic mass is 19.1. The van der Waals surface area contributed by atoms with Crippen molar-refractivity contribution in [1.82, 2.24) is 15.1 Å². The third-order valence-electron chi connectivity index (χ3n) is 4.69. The highest BCUT2D eigenvalue weighted by molar-refractivity contribution is 5.94. The van der Waals surface area contributed by atoms with Crippen LogP contribution in [0, 0.1) is 11.6 Å². The van der Waals surface area contributed by atoms with Crippen LogP contribution in [-0.4, -0.2) is 34.1 Å². The van der Waals surface area contributed by atoms with E-state index in [0.29, 0.717) is 30.4 Å². The zero-order chi connectivity index (χ0) is 18.8. The van der Waals surface area contributed by atoms with Crippen LogP contribution in [0.2, 0.25) is 0 Å². The summed E-state index contributed by atoms with van der Waals surface area (Å²) < 4.78 is 32.7. The standard InChI is InChI=1S/C20H17F2N3O2/c21-15-9-7-13(8-10-15)18-23-24-19(27-18)14-4-3-11-25(12-14)20(26)16-5-1-2-6-17(16)22/h1-2,5-10,14H,3-4,11-12H2. The minimum atomic E-state index is -0.527. The van der Waals surface area contributed by atoms with Crippen LogP contribution < -0.4 is 0 Å². The molecule has 3 aromatic rings. The van der Waals surface area contributed by atoms with Gasteiger partial charge in [-0.2, -0.15) is 0 Å². The van der Waals surface area contributed by atoms with Crippen LogP contribution in [0.1, 0.15) is 35.0 Å². The van der Waals surface area contributed by atoms with Crippen LogP contribution in [0.15, 0.2) is 52.9 Å². The van der Waals surface area contributed by atoms with Crippen molar-refractivity contribution in [3.63, 3.8) is 0 Å². The lowest BCUT2D eigenvalue weighted by Gasteiger charge is -2.31. The minimum absolute atomic E-state index is 0.0654. The molecule has 2 heterocycles. The van der Waals surface area contributed by atoms with Gasteiger partial charge in [0.2, 0.25) is 11.8 Å². The first kappa shape index (κ1) is 17.3. The van der Waals surface area contributed by atoms with E-state index in [9.17, 15) is 13.6 Å². The summed E-state index contributed by atoms with van der Waals surface area (Å²) in [6, 6.07) is 11.8. The zero-order valence-corrected chi connectivity index (χ0v) is 14.4. The first-order valence-electron chi connectivity index (χ1n) is 8.75. The van der Waals surface area contributed by atoms with E-state index < -0.39 is 5.82 Å². The molecule has 138 valence electrons. The molecule has 0 radical (unpaired) electrons. The van der Waals surface area contributed by atoms with Gasteiger partial charge in [0.1, 0.15) is 11.6 Å². The molecular formula is C20H17F2N3O2. The van der Waals surface area contributed by atoms with E-state index >= 15 is 0 Å². The minimum Gasteiger partial charge on any atom is -0.420 e. The molecule has 1 aromatic heterocycles. The Balaban J connectivity index is 1.51. The molecular weight excluding hydrogens is 352 g/mol. The molecule has 1 aliphatic rings. The van der Waals surface area contributed by atoms with E-state index in [0.717, 1.165) is 12.8 Å². The predicted molar refractivity (Wildman–Crippen MR) is 94.0 cm³/mol. The van der Waals surface area contributed by atoms with Crippen molar-refractivity contribution >= 4 is 5.91 Å². The van der Waals surface area contributed by atoms with Crippen LogP contribution in [-0.2, 0) is 0 Å². The molecule has 5 nitrogen and oxygen atoms in total. The number of hydrogen-bond acceptors (Lipinski definition) is 4. The summed E-state index contributed by atoms with van der Waals surface area (Å²) >= 11 is 0. The van der Waals surface area contributed by atoms with E-state index in [2.05, 4.69) is 10.2 Å². The SMILES string of the molecule is O=C(c1ccccc1F)N1CCCC(c2nnc(-c3ccc(F)cc3)o2)C1. The number of halogens is 2. The van der Waals surface area contributed by atoms with Crippen molar-refractivity contribution in [2.45, 2.75) is 18.8 Å². The van der Waals surface area contributed by atoms with E-state index in [4.69, 9.17) is 4.42 Å². The van der Waals surface area contributed by atoms with E-state index in [1.807, 2.05) is 0 Å². The largest absolute Gasteiger partial charge is 0.420 e. The van der Waals surface area contributed by atoms with Gasteiger partial charge in [-0.25, -0.2) is 8.78 Å². The Morgan fingerprint density at radius 2 is 1.85 bits per heavy atom. The quantitative estimate of drug-likeness (QED) is 0.699. The number of hydrogen-bond donors (Lipinski definition) is 0. The first-order chi connectivity index (χ1) is 13.1. The number of benzene rings is 2. The van der Waals surface area contributed by atoms with Crippen molar-refractivity contribution < 1.29 is 18.0 Å². The fraction of sp³-hybridized carbons (Fsp3) is 0.250. The molecule has 0 bridgehead atoms. The number of carbonyl (C=O) groups is 1. The highest BCUT2D eigenvalue weighted by Gasteiger charge is 2.30. The Kier molecular flexibility index (Phi) is 4.66. The molecule has 27 heavy (non-hydrogen) atoms. The van der Waals surface area contributed by atoms with Crippen molar-refractivity contribution in [3.05, 3.63) is 71.6 Å². The average molecular weight is 369 g/mol. The van der Waals surface area contributed by atoms with Gasteiger partial charge in [-0.05, 0) is 49.2 Å². The summed E-state index contributed by atoms with van der Waals surface area (Å²) in [5.74, 6) is -0.579. The van der Waals surface area contributed by atoms with Crippen molar-refractivity contribution in [1.29, 1.82) is 0 Å². The molecule has 1 fully saturated rings. The summed E-state index contributed by atoms with van der Waals surface area (Å²) in [5, 5.41) is 8.13.